The van der Waals surface area contributed by atoms with Crippen LogP contribution in [0.3, 0.4) is 0 Å². The number of hydrogen-bond acceptors (Lipinski definition) is 4. The van der Waals surface area contributed by atoms with Crippen molar-refractivity contribution >= 4 is 15.9 Å². The third kappa shape index (κ3) is 3.21. The Kier molecular flexibility index (Phi) is 4.19. The number of nitrogens with one attached hydrogen (secondary N) is 1. The lowest BCUT2D eigenvalue weighted by Gasteiger charge is -2.19. The molecule has 1 aromatic heterocycles. The van der Waals surface area contributed by atoms with Gasteiger partial charge in [-0.2, -0.15) is 0 Å². The van der Waals surface area contributed by atoms with E-state index in [1.807, 2.05) is 6.92 Å². The molecule has 0 radical (unpaired) electrons. The number of amides is 1. The number of aryl methyl sites for hydroxylation is 1. The van der Waals surface area contributed by atoms with Crippen LogP contribution < -0.4 is 10.5 Å². The molecule has 3 N–H and O–H groups in total. The highest BCUT2D eigenvalue weighted by Crippen LogP contribution is 2.28. The zero-order valence-electron chi connectivity index (χ0n) is 11.7. The van der Waals surface area contributed by atoms with Gasteiger partial charge in [0.05, 0.1) is 0 Å². The topological polar surface area (TPSA) is 102 Å². The molecule has 0 spiro atoms. The summed E-state index contributed by atoms with van der Waals surface area (Å²) in [5.41, 5.74) is 0. The molecule has 1 saturated carbocycles. The first-order valence-corrected chi connectivity index (χ1v) is 8.28. The molecule has 2 rings (SSSR count). The summed E-state index contributed by atoms with van der Waals surface area (Å²) in [6.07, 6.45) is 4.61. The Bertz CT molecular complexity index is 600. The molecule has 1 amide bonds. The van der Waals surface area contributed by atoms with Gasteiger partial charge in [-0.15, -0.1) is 0 Å². The second-order valence-electron chi connectivity index (χ2n) is 5.38. The van der Waals surface area contributed by atoms with Crippen LogP contribution in [0.2, 0.25) is 0 Å². The van der Waals surface area contributed by atoms with Gasteiger partial charge in [-0.25, -0.2) is 13.6 Å². The zero-order valence-corrected chi connectivity index (χ0v) is 12.5. The molecule has 1 fully saturated rings. The maximum atomic E-state index is 12.1. The molecule has 6 nitrogen and oxygen atoms in total. The minimum atomic E-state index is -3.86. The van der Waals surface area contributed by atoms with E-state index < -0.39 is 15.9 Å². The lowest BCUT2D eigenvalue weighted by molar-refractivity contribution is 0.0897. The fourth-order valence-corrected chi connectivity index (χ4v) is 3.43. The van der Waals surface area contributed by atoms with Gasteiger partial charge in [-0.3, -0.25) is 4.79 Å². The largest absolute Gasteiger partial charge is 0.455 e. The molecule has 1 unspecified atom stereocenters. The van der Waals surface area contributed by atoms with E-state index in [0.29, 0.717) is 5.92 Å². The molecule has 7 heteroatoms. The summed E-state index contributed by atoms with van der Waals surface area (Å²) < 4.78 is 27.8. The molecule has 1 aromatic rings. The maximum Gasteiger partial charge on any atom is 0.287 e. The Balaban J connectivity index is 2.10. The van der Waals surface area contributed by atoms with Crippen LogP contribution >= 0.6 is 0 Å². The summed E-state index contributed by atoms with van der Waals surface area (Å²) in [4.78, 5) is 11.9. The van der Waals surface area contributed by atoms with Gasteiger partial charge in [-0.05, 0) is 32.6 Å². The molecule has 20 heavy (non-hydrogen) atoms. The van der Waals surface area contributed by atoms with Gasteiger partial charge in [0.25, 0.3) is 5.91 Å². The van der Waals surface area contributed by atoms with Crippen molar-refractivity contribution in [1.82, 2.24) is 5.32 Å². The van der Waals surface area contributed by atoms with E-state index in [2.05, 4.69) is 5.32 Å². The molecule has 1 aliphatic rings. The number of furan rings is 1. The lowest BCUT2D eigenvalue weighted by atomic mass is 10.00. The van der Waals surface area contributed by atoms with E-state index in [0.717, 1.165) is 12.8 Å². The molecule has 0 bridgehead atoms. The Morgan fingerprint density at radius 2 is 2.05 bits per heavy atom. The fourth-order valence-electron chi connectivity index (χ4n) is 2.71. The second kappa shape index (κ2) is 5.57. The molecule has 0 saturated heterocycles. The maximum absolute atomic E-state index is 12.1. The molecule has 0 aliphatic heterocycles. The van der Waals surface area contributed by atoms with Crippen LogP contribution in [0, 0.1) is 12.8 Å². The van der Waals surface area contributed by atoms with Crippen molar-refractivity contribution in [3.63, 3.8) is 0 Å². The molecule has 0 aromatic carbocycles. The number of sulfonamides is 1. The number of primary sulfonamides is 1. The average molecular weight is 300 g/mol. The Labute approximate surface area is 118 Å². The highest BCUT2D eigenvalue weighted by molar-refractivity contribution is 7.89. The van der Waals surface area contributed by atoms with Crippen molar-refractivity contribution in [3.8, 4) is 0 Å². The van der Waals surface area contributed by atoms with E-state index in [-0.39, 0.29) is 22.5 Å². The summed E-state index contributed by atoms with van der Waals surface area (Å²) in [7, 11) is -3.86. The minimum absolute atomic E-state index is 0.0172. The van der Waals surface area contributed by atoms with Gasteiger partial charge in [0.2, 0.25) is 10.0 Å². The highest BCUT2D eigenvalue weighted by atomic mass is 32.2. The van der Waals surface area contributed by atoms with Crippen molar-refractivity contribution < 1.29 is 17.6 Å². The Morgan fingerprint density at radius 3 is 2.55 bits per heavy atom. The lowest BCUT2D eigenvalue weighted by Crippen LogP contribution is -2.37. The van der Waals surface area contributed by atoms with E-state index in [9.17, 15) is 13.2 Å². The Hall–Kier alpha value is -1.34. The second-order valence-corrected chi connectivity index (χ2v) is 6.91. The van der Waals surface area contributed by atoms with Crippen molar-refractivity contribution in [2.75, 3.05) is 0 Å². The van der Waals surface area contributed by atoms with E-state index in [4.69, 9.17) is 9.56 Å². The monoisotopic (exact) mass is 300 g/mol. The van der Waals surface area contributed by atoms with E-state index >= 15 is 0 Å². The van der Waals surface area contributed by atoms with Crippen LogP contribution in [0.1, 0.15) is 48.9 Å². The zero-order chi connectivity index (χ0) is 14.9. The summed E-state index contributed by atoms with van der Waals surface area (Å²) in [5, 5.41) is 7.91. The number of nitrogens with two attached hydrogens (primary N) is 1. The molecular weight excluding hydrogens is 280 g/mol. The van der Waals surface area contributed by atoms with E-state index in [1.54, 1.807) is 0 Å². The van der Waals surface area contributed by atoms with Gasteiger partial charge in [0, 0.05) is 12.1 Å². The molecule has 1 aliphatic carbocycles. The number of carbonyl (C=O) groups is 1. The quantitative estimate of drug-likeness (QED) is 0.880. The van der Waals surface area contributed by atoms with Gasteiger partial charge in [-0.1, -0.05) is 12.8 Å². The fraction of sp³-hybridized carbons (Fsp3) is 0.615. The first kappa shape index (κ1) is 15.1. The van der Waals surface area contributed by atoms with Crippen molar-refractivity contribution in [2.24, 2.45) is 11.1 Å². The standard InChI is InChI=1S/C13H20N2O4S/c1-8(10-5-3-4-6-10)15-13(16)11-7-12(9(2)19-11)20(14,17)18/h7-8,10H,3-6H2,1-2H3,(H,15,16)(H2,14,17,18). The van der Waals surface area contributed by atoms with Crippen molar-refractivity contribution in [1.29, 1.82) is 0 Å². The Morgan fingerprint density at radius 1 is 1.45 bits per heavy atom. The van der Waals surface area contributed by atoms with E-state index in [1.165, 1.54) is 25.8 Å². The third-order valence-electron chi connectivity index (χ3n) is 3.87. The summed E-state index contributed by atoms with van der Waals surface area (Å²) in [6, 6.07) is 1.23. The molecule has 1 heterocycles. The molecule has 1 atom stereocenters. The smallest absolute Gasteiger partial charge is 0.287 e. The van der Waals surface area contributed by atoms with Gasteiger partial charge < -0.3 is 9.73 Å². The number of hydrogen-bond donors (Lipinski definition) is 2. The van der Waals surface area contributed by atoms with Crippen molar-refractivity contribution in [2.45, 2.75) is 50.5 Å². The summed E-state index contributed by atoms with van der Waals surface area (Å²) >= 11 is 0. The minimum Gasteiger partial charge on any atom is -0.455 e. The van der Waals surface area contributed by atoms with Gasteiger partial charge in [0.15, 0.2) is 5.76 Å². The first-order chi connectivity index (χ1) is 9.29. The van der Waals surface area contributed by atoms with Crippen molar-refractivity contribution in [3.05, 3.63) is 17.6 Å². The van der Waals surface area contributed by atoms with Crippen LogP contribution in [-0.4, -0.2) is 20.4 Å². The predicted molar refractivity (Wildman–Crippen MR) is 73.7 cm³/mol. The first-order valence-electron chi connectivity index (χ1n) is 6.73. The van der Waals surface area contributed by atoms with Gasteiger partial charge >= 0.3 is 0 Å². The highest BCUT2D eigenvalue weighted by Gasteiger charge is 2.26. The van der Waals surface area contributed by atoms with Gasteiger partial charge in [0.1, 0.15) is 10.7 Å². The van der Waals surface area contributed by atoms with Crippen LogP contribution in [0.4, 0.5) is 0 Å². The van der Waals surface area contributed by atoms with Crippen LogP contribution in [-0.2, 0) is 10.0 Å². The predicted octanol–water partition coefficient (Wildman–Crippen LogP) is 1.54. The SMILES string of the molecule is Cc1oc(C(=O)NC(C)C2CCCC2)cc1S(N)(=O)=O. The summed E-state index contributed by atoms with van der Waals surface area (Å²) in [5.74, 6) is 0.192. The number of carbonyl (C=O) groups excluding carboxylic acids is 1. The normalized spacial score (nSPS) is 18.1. The summed E-state index contributed by atoms with van der Waals surface area (Å²) in [6.45, 7) is 3.43. The number of rotatable bonds is 4. The average Bonchev–Trinajstić information content (AvgIpc) is 2.95. The van der Waals surface area contributed by atoms with Crippen LogP contribution in [0.25, 0.3) is 0 Å². The van der Waals surface area contributed by atoms with Crippen LogP contribution in [0.5, 0.6) is 0 Å². The van der Waals surface area contributed by atoms with Crippen LogP contribution in [0.15, 0.2) is 15.4 Å². The molecular formula is C13H20N2O4S. The molecule has 112 valence electrons. The third-order valence-corrected chi connectivity index (χ3v) is 4.89.